The summed E-state index contributed by atoms with van der Waals surface area (Å²) in [5.74, 6) is 0. The van der Waals surface area contributed by atoms with E-state index in [0.717, 1.165) is 57.7 Å². The van der Waals surface area contributed by atoms with Crippen LogP contribution < -0.4 is 0 Å². The van der Waals surface area contributed by atoms with Crippen LogP contribution in [-0.2, 0) is 9.53 Å². The van der Waals surface area contributed by atoms with E-state index in [1.54, 1.807) is 0 Å². The molecule has 0 aromatic rings. The van der Waals surface area contributed by atoms with Gasteiger partial charge in [0.2, 0.25) is 0 Å². The molecule has 0 aromatic heterocycles. The van der Waals surface area contributed by atoms with E-state index in [2.05, 4.69) is 71.6 Å². The lowest BCUT2D eigenvalue weighted by Crippen LogP contribution is -2.23. The Hall–Kier alpha value is -1.93. The van der Waals surface area contributed by atoms with Gasteiger partial charge in [-0.2, -0.15) is 0 Å². The van der Waals surface area contributed by atoms with Crippen molar-refractivity contribution in [1.29, 1.82) is 0 Å². The van der Waals surface area contributed by atoms with Gasteiger partial charge >= 0.3 is 0 Å². The van der Waals surface area contributed by atoms with Crippen molar-refractivity contribution < 1.29 is 9.53 Å². The first-order chi connectivity index (χ1) is 15.3. The zero-order chi connectivity index (χ0) is 23.8. The van der Waals surface area contributed by atoms with Gasteiger partial charge in [-0.15, -0.1) is 0 Å². The molecule has 0 saturated carbocycles. The Bertz CT molecular complexity index is 729. The molecule has 0 N–H and O–H groups in total. The molecule has 1 aliphatic heterocycles. The third-order valence-corrected chi connectivity index (χ3v) is 6.01. The Morgan fingerprint density at radius 3 is 1.88 bits per heavy atom. The van der Waals surface area contributed by atoms with Crippen LogP contribution in [0.2, 0.25) is 0 Å². The zero-order valence-electron chi connectivity index (χ0n) is 21.3. The zero-order valence-corrected chi connectivity index (χ0v) is 21.3. The Balaban J connectivity index is 2.21. The van der Waals surface area contributed by atoms with Gasteiger partial charge in [-0.25, -0.2) is 0 Å². The Morgan fingerprint density at radius 1 is 0.844 bits per heavy atom. The molecule has 0 aromatic carbocycles. The molecule has 0 amide bonds. The molecule has 1 fully saturated rings. The topological polar surface area (TPSA) is 26.3 Å². The van der Waals surface area contributed by atoms with E-state index in [4.69, 9.17) is 4.74 Å². The van der Waals surface area contributed by atoms with Crippen molar-refractivity contribution in [1.82, 2.24) is 0 Å². The minimum Gasteiger partial charge on any atom is -0.369 e. The van der Waals surface area contributed by atoms with E-state index in [9.17, 15) is 4.79 Å². The molecule has 2 heteroatoms. The average molecular weight is 439 g/mol. The van der Waals surface area contributed by atoms with Gasteiger partial charge in [0.15, 0.2) is 0 Å². The van der Waals surface area contributed by atoms with Crippen LogP contribution in [0.1, 0.15) is 98.8 Å². The smallest absolute Gasteiger partial charge is 0.148 e. The molecule has 1 aliphatic rings. The summed E-state index contributed by atoms with van der Waals surface area (Å²) in [5, 5.41) is 0. The first kappa shape index (κ1) is 28.1. The number of carbonyl (C=O) groups is 1. The number of rotatable bonds is 14. The number of carbonyl (C=O) groups excluding carboxylic acids is 1. The van der Waals surface area contributed by atoms with E-state index in [0.29, 0.717) is 12.2 Å². The van der Waals surface area contributed by atoms with Crippen LogP contribution in [-0.4, -0.2) is 19.0 Å². The lowest BCUT2D eigenvalue weighted by atomic mass is 9.98. The summed E-state index contributed by atoms with van der Waals surface area (Å²) >= 11 is 0. The fraction of sp³-hybridized carbons (Fsp3) is 0.567. The monoisotopic (exact) mass is 438 g/mol. The summed E-state index contributed by atoms with van der Waals surface area (Å²) in [6, 6.07) is 0. The van der Waals surface area contributed by atoms with Gasteiger partial charge in [-0.1, -0.05) is 59.3 Å². The number of hydrogen-bond acceptors (Lipinski definition) is 2. The van der Waals surface area contributed by atoms with Gasteiger partial charge in [0.1, 0.15) is 6.29 Å². The van der Waals surface area contributed by atoms with Crippen molar-refractivity contribution in [2.75, 3.05) is 6.61 Å². The van der Waals surface area contributed by atoms with Gasteiger partial charge in [0.25, 0.3) is 0 Å². The van der Waals surface area contributed by atoms with E-state index in [1.165, 1.54) is 40.7 Å². The fourth-order valence-electron chi connectivity index (χ4n) is 3.81. The fourth-order valence-corrected chi connectivity index (χ4v) is 3.81. The maximum Gasteiger partial charge on any atom is 0.148 e. The summed E-state index contributed by atoms with van der Waals surface area (Å²) in [5.41, 5.74) is 7.80. The summed E-state index contributed by atoms with van der Waals surface area (Å²) in [6.07, 6.45) is 23.5. The molecule has 0 bridgehead atoms. The van der Waals surface area contributed by atoms with Crippen LogP contribution in [0.3, 0.4) is 0 Å². The van der Waals surface area contributed by atoms with E-state index in [1.807, 2.05) is 0 Å². The molecule has 1 heterocycles. The van der Waals surface area contributed by atoms with Crippen LogP contribution in [0.15, 0.2) is 70.4 Å². The van der Waals surface area contributed by atoms with Gasteiger partial charge in [-0.05, 0) is 104 Å². The largest absolute Gasteiger partial charge is 0.369 e. The van der Waals surface area contributed by atoms with E-state index in [-0.39, 0.29) is 6.10 Å². The van der Waals surface area contributed by atoms with E-state index < -0.39 is 0 Å². The highest BCUT2D eigenvalue weighted by Gasteiger charge is 2.18. The summed E-state index contributed by atoms with van der Waals surface area (Å²) in [7, 11) is 0. The summed E-state index contributed by atoms with van der Waals surface area (Å²) < 4.78 is 5.74. The normalized spacial score (nSPS) is 19.2. The third-order valence-electron chi connectivity index (χ3n) is 6.01. The predicted octanol–water partition coefficient (Wildman–Crippen LogP) is 8.77. The molecule has 178 valence electrons. The van der Waals surface area contributed by atoms with Crippen molar-refractivity contribution in [3.8, 4) is 0 Å². The first-order valence-electron chi connectivity index (χ1n) is 12.4. The standard InChI is InChI=1S/C30H46O2/c1-24(2)12-9-15-27(5)17-10-16-25(3)13-7-8-14-26(4)18-11-19-29-20-21-30(32-23-29)28(6)22-31/h12-14,17,19,22,30H,6-11,15-16,18,20-21,23H2,1-5H3/b25-13+,26-14+,27-17+,29-19-. The number of hydrogen-bond donors (Lipinski definition) is 0. The highest BCUT2D eigenvalue weighted by molar-refractivity contribution is 5.73. The van der Waals surface area contributed by atoms with Crippen LogP contribution >= 0.6 is 0 Å². The molecule has 1 atom stereocenters. The molecule has 0 radical (unpaired) electrons. The van der Waals surface area contributed by atoms with Crippen molar-refractivity contribution in [3.63, 3.8) is 0 Å². The van der Waals surface area contributed by atoms with Crippen LogP contribution in [0.4, 0.5) is 0 Å². The van der Waals surface area contributed by atoms with Crippen molar-refractivity contribution in [3.05, 3.63) is 70.4 Å². The second-order valence-electron chi connectivity index (χ2n) is 9.52. The van der Waals surface area contributed by atoms with Gasteiger partial charge in [0, 0.05) is 5.57 Å². The Labute approximate surface area is 197 Å². The number of aldehydes is 1. The quantitative estimate of drug-likeness (QED) is 0.117. The average Bonchev–Trinajstić information content (AvgIpc) is 2.76. The minimum atomic E-state index is -0.0876. The van der Waals surface area contributed by atoms with Crippen LogP contribution in [0.5, 0.6) is 0 Å². The van der Waals surface area contributed by atoms with Crippen molar-refractivity contribution >= 4 is 6.29 Å². The molecule has 0 aliphatic carbocycles. The molecule has 1 rings (SSSR count). The maximum atomic E-state index is 10.8. The second kappa shape index (κ2) is 16.7. The summed E-state index contributed by atoms with van der Waals surface area (Å²) in [4.78, 5) is 10.8. The molecule has 32 heavy (non-hydrogen) atoms. The SMILES string of the molecule is C=C(C=O)C1CC/C(=C/CC/C(C)=C/CC/C=C(\C)CC/C=C(\C)CCC=C(C)C)CO1. The molecule has 1 unspecified atom stereocenters. The first-order valence-corrected chi connectivity index (χ1v) is 12.4. The Kier molecular flexibility index (Phi) is 14.6. The van der Waals surface area contributed by atoms with Gasteiger partial charge in [-0.3, -0.25) is 4.79 Å². The highest BCUT2D eigenvalue weighted by Crippen LogP contribution is 2.23. The van der Waals surface area contributed by atoms with Crippen molar-refractivity contribution in [2.45, 2.75) is 105 Å². The highest BCUT2D eigenvalue weighted by atomic mass is 16.5. The number of ether oxygens (including phenoxy) is 1. The number of allylic oxidation sites excluding steroid dienone is 9. The lowest BCUT2D eigenvalue weighted by Gasteiger charge is -2.24. The van der Waals surface area contributed by atoms with Crippen LogP contribution in [0.25, 0.3) is 0 Å². The number of unbranched alkanes of at least 4 members (excludes halogenated alkanes) is 1. The Morgan fingerprint density at radius 2 is 1.38 bits per heavy atom. The lowest BCUT2D eigenvalue weighted by molar-refractivity contribution is -0.106. The van der Waals surface area contributed by atoms with E-state index >= 15 is 0 Å². The molecule has 2 nitrogen and oxygen atoms in total. The van der Waals surface area contributed by atoms with Crippen LogP contribution in [0, 0.1) is 0 Å². The third kappa shape index (κ3) is 13.5. The van der Waals surface area contributed by atoms with Gasteiger partial charge < -0.3 is 4.74 Å². The molecular formula is C30H46O2. The van der Waals surface area contributed by atoms with Crippen molar-refractivity contribution in [2.24, 2.45) is 0 Å². The van der Waals surface area contributed by atoms with Gasteiger partial charge in [0.05, 0.1) is 12.7 Å². The second-order valence-corrected chi connectivity index (χ2v) is 9.52. The predicted molar refractivity (Wildman–Crippen MR) is 140 cm³/mol. The summed E-state index contributed by atoms with van der Waals surface area (Å²) in [6.45, 7) is 15.5. The molecular weight excluding hydrogens is 392 g/mol. The molecule has 0 spiro atoms. The maximum absolute atomic E-state index is 10.8. The minimum absolute atomic E-state index is 0.0876. The molecule has 1 saturated heterocycles.